The Hall–Kier alpha value is -3.49. The fourth-order valence-electron chi connectivity index (χ4n) is 3.47. The van der Waals surface area contributed by atoms with Gasteiger partial charge < -0.3 is 18.9 Å². The number of imidazole rings is 1. The molecule has 0 radical (unpaired) electrons. The number of benzene rings is 1. The van der Waals surface area contributed by atoms with Crippen LogP contribution in [0, 0.1) is 0 Å². The van der Waals surface area contributed by atoms with Crippen molar-refractivity contribution in [3.8, 4) is 0 Å². The van der Waals surface area contributed by atoms with Crippen LogP contribution in [0.1, 0.15) is 62.5 Å². The predicted molar refractivity (Wildman–Crippen MR) is 105 cm³/mol. The highest BCUT2D eigenvalue weighted by atomic mass is 16.5. The lowest BCUT2D eigenvalue weighted by Crippen LogP contribution is -2.21. The van der Waals surface area contributed by atoms with Crippen molar-refractivity contribution in [2.75, 3.05) is 20.3 Å². The minimum Gasteiger partial charge on any atom is -0.461 e. The zero-order valence-corrected chi connectivity index (χ0v) is 17.1. The van der Waals surface area contributed by atoms with Crippen LogP contribution < -0.4 is 0 Å². The number of hydrogen-bond donors (Lipinski definition) is 0. The molecule has 1 heterocycles. The maximum Gasteiger partial charge on any atom is 0.374 e. The molecule has 158 valence electrons. The average Bonchev–Trinajstić information content (AvgIpc) is 3.30. The van der Waals surface area contributed by atoms with Crippen LogP contribution in [0.4, 0.5) is 0 Å². The number of ether oxygens (including phenoxy) is 2. The average molecular weight is 413 g/mol. The molecule has 1 aromatic carbocycles. The highest BCUT2D eigenvalue weighted by molar-refractivity contribution is 6.04. The van der Waals surface area contributed by atoms with E-state index in [-0.39, 0.29) is 30.5 Å². The van der Waals surface area contributed by atoms with Gasteiger partial charge in [0.2, 0.25) is 12.2 Å². The lowest BCUT2D eigenvalue weighted by molar-refractivity contribution is -0.117. The molecule has 1 aromatic heterocycles. The van der Waals surface area contributed by atoms with Crippen molar-refractivity contribution >= 4 is 24.1 Å². The summed E-state index contributed by atoms with van der Waals surface area (Å²) in [5.41, 5.74) is 2.18. The maximum absolute atomic E-state index is 13.0. The topological polar surface area (TPSA) is 108 Å². The first-order chi connectivity index (χ1) is 14.4. The third-order valence-electron chi connectivity index (χ3n) is 4.77. The van der Waals surface area contributed by atoms with Crippen LogP contribution in [0.5, 0.6) is 0 Å². The molecule has 1 unspecified atom stereocenters. The van der Waals surface area contributed by atoms with Crippen molar-refractivity contribution in [2.24, 2.45) is 0 Å². The summed E-state index contributed by atoms with van der Waals surface area (Å²) in [5.74, 6) is -1.69. The molecule has 30 heavy (non-hydrogen) atoms. The quantitative estimate of drug-likeness (QED) is 0.480. The minimum absolute atomic E-state index is 0.0584. The van der Waals surface area contributed by atoms with Gasteiger partial charge in [0.15, 0.2) is 11.5 Å². The van der Waals surface area contributed by atoms with Crippen LogP contribution in [0.15, 0.2) is 24.4 Å². The number of carbonyl (C=O) groups is 4. The van der Waals surface area contributed by atoms with Gasteiger partial charge in [0.05, 0.1) is 13.2 Å². The lowest BCUT2D eigenvalue weighted by Gasteiger charge is -2.12. The third kappa shape index (κ3) is 4.10. The summed E-state index contributed by atoms with van der Waals surface area (Å²) in [7, 11) is 1.67. The molecule has 9 nitrogen and oxygen atoms in total. The van der Waals surface area contributed by atoms with Crippen LogP contribution in [0.3, 0.4) is 0 Å². The number of aromatic nitrogens is 2. The minimum atomic E-state index is -0.728. The first-order valence-electron chi connectivity index (χ1n) is 9.64. The van der Waals surface area contributed by atoms with Crippen molar-refractivity contribution in [1.29, 1.82) is 0 Å². The zero-order chi connectivity index (χ0) is 21.8. The van der Waals surface area contributed by atoms with Crippen LogP contribution in [-0.4, -0.2) is 58.8 Å². The Labute approximate surface area is 173 Å². The van der Waals surface area contributed by atoms with Crippen LogP contribution in [-0.2, 0) is 27.2 Å². The Balaban J connectivity index is 1.96. The monoisotopic (exact) mass is 413 g/mol. The van der Waals surface area contributed by atoms with Gasteiger partial charge in [-0.05, 0) is 25.0 Å². The van der Waals surface area contributed by atoms with E-state index in [4.69, 9.17) is 9.47 Å². The van der Waals surface area contributed by atoms with Crippen molar-refractivity contribution in [1.82, 2.24) is 14.5 Å². The summed E-state index contributed by atoms with van der Waals surface area (Å²) < 4.78 is 11.4. The molecular formula is C21H23N3O6. The summed E-state index contributed by atoms with van der Waals surface area (Å²) >= 11 is 0. The molecular weight excluding hydrogens is 390 g/mol. The number of rotatable bonds is 8. The highest BCUT2D eigenvalue weighted by Gasteiger charge is 2.36. The largest absolute Gasteiger partial charge is 0.461 e. The number of hydrogen-bond acceptors (Lipinski definition) is 7. The Morgan fingerprint density at radius 2 is 1.93 bits per heavy atom. The second-order valence-electron chi connectivity index (χ2n) is 6.89. The van der Waals surface area contributed by atoms with Gasteiger partial charge >= 0.3 is 11.9 Å². The zero-order valence-electron chi connectivity index (χ0n) is 17.1. The van der Waals surface area contributed by atoms with Crippen molar-refractivity contribution in [3.63, 3.8) is 0 Å². The van der Waals surface area contributed by atoms with E-state index < -0.39 is 18.0 Å². The molecule has 0 fully saturated rings. The molecule has 1 atom stereocenters. The number of Topliss-reactive ketones (excluding diaryl/α,β-unsaturated/α-hetero) is 1. The molecule has 0 spiro atoms. The second-order valence-corrected chi connectivity index (χ2v) is 6.89. The van der Waals surface area contributed by atoms with E-state index in [2.05, 4.69) is 4.98 Å². The second kappa shape index (κ2) is 8.89. The van der Waals surface area contributed by atoms with E-state index in [1.54, 1.807) is 33.0 Å². The first-order valence-corrected chi connectivity index (χ1v) is 9.64. The highest BCUT2D eigenvalue weighted by Crippen LogP contribution is 2.32. The molecule has 0 saturated carbocycles. The fourth-order valence-corrected chi connectivity index (χ4v) is 3.47. The van der Waals surface area contributed by atoms with Gasteiger partial charge in [0, 0.05) is 31.8 Å². The number of carbonyl (C=O) groups excluding carboxylic acids is 4. The molecule has 3 rings (SSSR count). The summed E-state index contributed by atoms with van der Waals surface area (Å²) in [5, 5.41) is 0. The molecule has 0 bridgehead atoms. The number of nitrogens with zero attached hydrogens (tertiary/aromatic N) is 3. The predicted octanol–water partition coefficient (Wildman–Crippen LogP) is 1.80. The summed E-state index contributed by atoms with van der Waals surface area (Å²) in [4.78, 5) is 54.0. The van der Waals surface area contributed by atoms with Crippen molar-refractivity contribution in [3.05, 3.63) is 52.6 Å². The molecule has 1 amide bonds. The Morgan fingerprint density at radius 1 is 1.23 bits per heavy atom. The molecule has 0 aliphatic heterocycles. The van der Waals surface area contributed by atoms with Crippen LogP contribution in [0.25, 0.3) is 0 Å². The summed E-state index contributed by atoms with van der Waals surface area (Å²) in [6.45, 7) is 4.03. The smallest absolute Gasteiger partial charge is 0.374 e. The van der Waals surface area contributed by atoms with E-state index in [1.807, 2.05) is 6.07 Å². The third-order valence-corrected chi connectivity index (χ3v) is 4.77. The van der Waals surface area contributed by atoms with E-state index in [1.165, 1.54) is 15.7 Å². The molecule has 9 heteroatoms. The van der Waals surface area contributed by atoms with Gasteiger partial charge in [0.1, 0.15) is 6.04 Å². The van der Waals surface area contributed by atoms with Crippen molar-refractivity contribution < 1.29 is 28.7 Å². The van der Waals surface area contributed by atoms with E-state index in [9.17, 15) is 19.2 Å². The van der Waals surface area contributed by atoms with Crippen LogP contribution >= 0.6 is 0 Å². The van der Waals surface area contributed by atoms with Crippen molar-refractivity contribution in [2.45, 2.75) is 32.9 Å². The standard InChI is InChI=1S/C21H23N3O6/c1-4-29-20(27)16-11-24(19(22-16)21(28)30-5-2)17-9-14-8-13(10-23(3)12-25)6-7-15(14)18(17)26/h6-8,11-12,17H,4-5,9-10H2,1-3H3. The maximum atomic E-state index is 13.0. The Morgan fingerprint density at radius 3 is 2.60 bits per heavy atom. The molecule has 0 N–H and O–H groups in total. The molecule has 1 aliphatic carbocycles. The van der Waals surface area contributed by atoms with Gasteiger partial charge in [-0.3, -0.25) is 9.59 Å². The normalized spacial score (nSPS) is 14.9. The number of esters is 2. The molecule has 1 aliphatic rings. The van der Waals surface area contributed by atoms with Crippen LogP contribution in [0.2, 0.25) is 0 Å². The summed E-state index contributed by atoms with van der Waals surface area (Å²) in [6.07, 6.45) is 2.42. The van der Waals surface area contributed by atoms with E-state index in [0.717, 1.165) is 17.5 Å². The first kappa shape index (κ1) is 21.2. The lowest BCUT2D eigenvalue weighted by atomic mass is 10.1. The number of ketones is 1. The van der Waals surface area contributed by atoms with Gasteiger partial charge in [-0.15, -0.1) is 0 Å². The Kier molecular flexibility index (Phi) is 6.29. The Bertz CT molecular complexity index is 997. The molecule has 2 aromatic rings. The SMILES string of the molecule is CCOC(=O)c1cn(C2Cc3cc(CN(C)C=O)ccc3C2=O)c(C(=O)OCC)n1. The summed E-state index contributed by atoms with van der Waals surface area (Å²) in [6, 6.07) is 4.66. The van der Waals surface area contributed by atoms with E-state index in [0.29, 0.717) is 18.5 Å². The van der Waals surface area contributed by atoms with Gasteiger partial charge in [-0.25, -0.2) is 14.6 Å². The van der Waals surface area contributed by atoms with Gasteiger partial charge in [-0.1, -0.05) is 18.2 Å². The number of amides is 1. The molecule has 0 saturated heterocycles. The fraction of sp³-hybridized carbons (Fsp3) is 0.381. The van der Waals surface area contributed by atoms with Gasteiger partial charge in [-0.2, -0.15) is 0 Å². The van der Waals surface area contributed by atoms with Gasteiger partial charge in [0.25, 0.3) is 0 Å². The van der Waals surface area contributed by atoms with E-state index >= 15 is 0 Å². The number of fused-ring (bicyclic) bond motifs is 1.